The summed E-state index contributed by atoms with van der Waals surface area (Å²) in [4.78, 5) is 3.94. The van der Waals surface area contributed by atoms with E-state index in [1.807, 2.05) is 0 Å². The molecule has 0 aliphatic carbocycles. The summed E-state index contributed by atoms with van der Waals surface area (Å²) in [5.74, 6) is 1.57. The van der Waals surface area contributed by atoms with Crippen LogP contribution in [0.4, 0.5) is 5.69 Å². The van der Waals surface area contributed by atoms with Gasteiger partial charge in [-0.3, -0.25) is 0 Å². The normalized spacial score (nSPS) is 13.9. The summed E-state index contributed by atoms with van der Waals surface area (Å²) in [7, 11) is 0. The van der Waals surface area contributed by atoms with Crippen LogP contribution in [-0.4, -0.2) is 11.0 Å². The fraction of sp³-hybridized carbons (Fsp3) is 0.471. The maximum absolute atomic E-state index is 5.30. The summed E-state index contributed by atoms with van der Waals surface area (Å²) < 4.78 is 5.30. The lowest BCUT2D eigenvalue weighted by molar-refractivity contribution is 0.462. The van der Waals surface area contributed by atoms with Gasteiger partial charge in [-0.2, -0.15) is 0 Å². The summed E-state index contributed by atoms with van der Waals surface area (Å²) >= 11 is 0. The van der Waals surface area contributed by atoms with Crippen molar-refractivity contribution in [3.8, 4) is 11.3 Å². The molecule has 2 rings (SSSR count). The molecule has 2 atom stereocenters. The van der Waals surface area contributed by atoms with Gasteiger partial charge >= 0.3 is 0 Å². The number of rotatable bonds is 7. The van der Waals surface area contributed by atoms with Crippen LogP contribution in [-0.2, 0) is 0 Å². The van der Waals surface area contributed by atoms with Crippen molar-refractivity contribution in [3.05, 3.63) is 36.9 Å². The molecule has 1 heterocycles. The quantitative estimate of drug-likeness (QED) is 0.773. The van der Waals surface area contributed by atoms with Crippen LogP contribution in [0.1, 0.15) is 40.0 Å². The van der Waals surface area contributed by atoms with E-state index in [-0.39, 0.29) is 0 Å². The first-order valence-corrected chi connectivity index (χ1v) is 7.48. The Balaban J connectivity index is 1.99. The number of nitrogens with zero attached hydrogens (tertiary/aromatic N) is 1. The molecule has 2 unspecified atom stereocenters. The van der Waals surface area contributed by atoms with Crippen molar-refractivity contribution in [1.29, 1.82) is 0 Å². The fourth-order valence-electron chi connectivity index (χ4n) is 2.30. The van der Waals surface area contributed by atoms with Gasteiger partial charge in [0.1, 0.15) is 0 Å². The van der Waals surface area contributed by atoms with Gasteiger partial charge in [0.25, 0.3) is 0 Å². The largest absolute Gasteiger partial charge is 0.444 e. The zero-order valence-electron chi connectivity index (χ0n) is 12.6. The Bertz CT molecular complexity index is 490. The van der Waals surface area contributed by atoms with Crippen molar-refractivity contribution in [2.24, 2.45) is 5.92 Å². The fourth-order valence-corrected chi connectivity index (χ4v) is 2.30. The van der Waals surface area contributed by atoms with Gasteiger partial charge in [0.2, 0.25) is 0 Å². The number of hydrogen-bond acceptors (Lipinski definition) is 3. The monoisotopic (exact) mass is 272 g/mol. The van der Waals surface area contributed by atoms with Crippen molar-refractivity contribution in [2.75, 3.05) is 5.32 Å². The third-order valence-electron chi connectivity index (χ3n) is 3.85. The second kappa shape index (κ2) is 7.13. The molecule has 0 aliphatic rings. The van der Waals surface area contributed by atoms with Gasteiger partial charge in [0, 0.05) is 17.3 Å². The molecule has 0 bridgehead atoms. The first-order valence-electron chi connectivity index (χ1n) is 7.48. The molecule has 3 nitrogen and oxygen atoms in total. The minimum absolute atomic E-state index is 0.543. The van der Waals surface area contributed by atoms with Crippen LogP contribution in [0.5, 0.6) is 0 Å². The van der Waals surface area contributed by atoms with Gasteiger partial charge in [-0.15, -0.1) is 0 Å². The van der Waals surface area contributed by atoms with Crippen LogP contribution in [0, 0.1) is 5.92 Å². The number of aromatic nitrogens is 1. The molecule has 0 saturated carbocycles. The van der Waals surface area contributed by atoms with Gasteiger partial charge < -0.3 is 9.73 Å². The highest BCUT2D eigenvalue weighted by Gasteiger charge is 2.10. The zero-order chi connectivity index (χ0) is 14.4. The van der Waals surface area contributed by atoms with Gasteiger partial charge in [-0.1, -0.05) is 27.2 Å². The average Bonchev–Trinajstić information content (AvgIpc) is 3.01. The molecular formula is C17H24N2O. The highest BCUT2D eigenvalue weighted by Crippen LogP contribution is 2.22. The third kappa shape index (κ3) is 3.86. The van der Waals surface area contributed by atoms with Gasteiger partial charge in [0.15, 0.2) is 12.2 Å². The standard InChI is InChI=1S/C17H24N2O/c1-4-13(3)10-15(5-2)19-16-8-6-14(7-9-16)17-11-18-12-20-17/h6-9,11-13,15,19H,4-5,10H2,1-3H3. The van der Waals surface area contributed by atoms with Crippen molar-refractivity contribution < 1.29 is 4.42 Å². The van der Waals surface area contributed by atoms with E-state index < -0.39 is 0 Å². The summed E-state index contributed by atoms with van der Waals surface area (Å²) in [5.41, 5.74) is 2.23. The van der Waals surface area contributed by atoms with Crippen LogP contribution in [0.25, 0.3) is 11.3 Å². The van der Waals surface area contributed by atoms with Gasteiger partial charge in [0.05, 0.1) is 6.20 Å². The van der Waals surface area contributed by atoms with E-state index in [0.717, 1.165) is 23.7 Å². The molecule has 20 heavy (non-hydrogen) atoms. The topological polar surface area (TPSA) is 38.1 Å². The summed E-state index contributed by atoms with van der Waals surface area (Å²) in [6, 6.07) is 8.90. The predicted molar refractivity (Wildman–Crippen MR) is 83.7 cm³/mol. The first-order chi connectivity index (χ1) is 9.72. The molecule has 108 valence electrons. The molecule has 0 amide bonds. The van der Waals surface area contributed by atoms with Gasteiger partial charge in [-0.05, 0) is 43.0 Å². The second-order valence-corrected chi connectivity index (χ2v) is 5.44. The molecule has 0 aliphatic heterocycles. The molecule has 0 fully saturated rings. The molecule has 1 aromatic heterocycles. The van der Waals surface area contributed by atoms with E-state index in [0.29, 0.717) is 6.04 Å². The van der Waals surface area contributed by atoms with Crippen molar-refractivity contribution in [1.82, 2.24) is 4.98 Å². The van der Waals surface area contributed by atoms with E-state index in [9.17, 15) is 0 Å². The smallest absolute Gasteiger partial charge is 0.181 e. The highest BCUT2D eigenvalue weighted by molar-refractivity contribution is 5.60. The lowest BCUT2D eigenvalue weighted by Crippen LogP contribution is -2.21. The van der Waals surface area contributed by atoms with E-state index in [2.05, 4.69) is 55.3 Å². The molecule has 3 heteroatoms. The molecule has 0 radical (unpaired) electrons. The van der Waals surface area contributed by atoms with E-state index in [1.54, 1.807) is 6.20 Å². The van der Waals surface area contributed by atoms with Crippen molar-refractivity contribution >= 4 is 5.69 Å². The highest BCUT2D eigenvalue weighted by atomic mass is 16.3. The maximum atomic E-state index is 5.30. The number of anilines is 1. The lowest BCUT2D eigenvalue weighted by atomic mass is 9.97. The van der Waals surface area contributed by atoms with Crippen molar-refractivity contribution in [3.63, 3.8) is 0 Å². The first kappa shape index (κ1) is 14.6. The van der Waals surface area contributed by atoms with Crippen LogP contribution < -0.4 is 5.32 Å². The number of hydrogen-bond donors (Lipinski definition) is 1. The number of oxazole rings is 1. The molecular weight excluding hydrogens is 248 g/mol. The SMILES string of the molecule is CCC(C)CC(CC)Nc1ccc(-c2cnco2)cc1. The lowest BCUT2D eigenvalue weighted by Gasteiger charge is -2.21. The molecule has 1 aromatic carbocycles. The number of nitrogens with one attached hydrogen (secondary N) is 1. The Hall–Kier alpha value is -1.77. The molecule has 2 aromatic rings. The maximum Gasteiger partial charge on any atom is 0.181 e. The predicted octanol–water partition coefficient (Wildman–Crippen LogP) is 4.97. The van der Waals surface area contributed by atoms with Gasteiger partial charge in [-0.25, -0.2) is 4.98 Å². The summed E-state index contributed by atoms with van der Waals surface area (Å²) in [6.07, 6.45) is 6.80. The Morgan fingerprint density at radius 1 is 1.15 bits per heavy atom. The molecule has 0 saturated heterocycles. The zero-order valence-corrected chi connectivity index (χ0v) is 12.6. The average molecular weight is 272 g/mol. The van der Waals surface area contributed by atoms with E-state index in [4.69, 9.17) is 4.42 Å². The Labute approximate surface area is 121 Å². The van der Waals surface area contributed by atoms with Crippen LogP contribution >= 0.6 is 0 Å². The summed E-state index contributed by atoms with van der Waals surface area (Å²) in [6.45, 7) is 6.81. The Morgan fingerprint density at radius 2 is 1.90 bits per heavy atom. The van der Waals surface area contributed by atoms with Crippen LogP contribution in [0.3, 0.4) is 0 Å². The minimum atomic E-state index is 0.543. The summed E-state index contributed by atoms with van der Waals surface area (Å²) in [5, 5.41) is 3.62. The number of benzene rings is 1. The van der Waals surface area contributed by atoms with Crippen molar-refractivity contribution in [2.45, 2.75) is 46.1 Å². The Kier molecular flexibility index (Phi) is 5.22. The second-order valence-electron chi connectivity index (χ2n) is 5.44. The minimum Gasteiger partial charge on any atom is -0.444 e. The van der Waals surface area contributed by atoms with Crippen LogP contribution in [0.2, 0.25) is 0 Å². The van der Waals surface area contributed by atoms with Crippen LogP contribution in [0.15, 0.2) is 41.3 Å². The third-order valence-corrected chi connectivity index (χ3v) is 3.85. The van der Waals surface area contributed by atoms with E-state index in [1.165, 1.54) is 24.9 Å². The molecule has 1 N–H and O–H groups in total. The van der Waals surface area contributed by atoms with E-state index >= 15 is 0 Å². The molecule has 0 spiro atoms. The Morgan fingerprint density at radius 3 is 2.45 bits per heavy atom.